The first-order chi connectivity index (χ1) is 17.7. The van der Waals surface area contributed by atoms with Gasteiger partial charge in [-0.15, -0.1) is 0 Å². The van der Waals surface area contributed by atoms with Crippen molar-refractivity contribution in [2.24, 2.45) is 0 Å². The van der Waals surface area contributed by atoms with Gasteiger partial charge >= 0.3 is 12.2 Å². The van der Waals surface area contributed by atoms with Gasteiger partial charge in [0.1, 0.15) is 5.54 Å². The quantitative estimate of drug-likeness (QED) is 0.314. The van der Waals surface area contributed by atoms with Crippen LogP contribution in [-0.2, 0) is 18.1 Å². The van der Waals surface area contributed by atoms with Crippen molar-refractivity contribution in [1.29, 1.82) is 5.26 Å². The number of alkyl halides is 3. The van der Waals surface area contributed by atoms with Gasteiger partial charge in [-0.2, -0.15) is 18.4 Å². The molecule has 4 aromatic rings. The highest BCUT2D eigenvalue weighted by Crippen LogP contribution is 2.37. The largest absolute Gasteiger partial charge is 0.416 e. The Morgan fingerprint density at radius 2 is 1.59 bits per heavy atom. The molecule has 186 valence electrons. The number of hydrogen-bond donors (Lipinski definition) is 2. The van der Waals surface area contributed by atoms with E-state index in [9.17, 15) is 23.2 Å². The van der Waals surface area contributed by atoms with Crippen molar-refractivity contribution in [2.75, 3.05) is 5.32 Å². The van der Waals surface area contributed by atoms with Crippen LogP contribution >= 0.6 is 0 Å². The summed E-state index contributed by atoms with van der Waals surface area (Å²) < 4.78 is 41.2. The number of benzene rings is 3. The Morgan fingerprint density at radius 1 is 0.892 bits per heavy atom. The molecule has 2 amide bonds. The lowest BCUT2D eigenvalue weighted by molar-refractivity contribution is -0.137. The molecule has 1 unspecified atom stereocenters. The van der Waals surface area contributed by atoms with E-state index in [4.69, 9.17) is 0 Å². The number of rotatable bonds is 6. The number of halogens is 3. The minimum absolute atomic E-state index is 0.136. The Morgan fingerprint density at radius 3 is 2.30 bits per heavy atom. The normalized spacial score (nSPS) is 12.7. The number of pyridine rings is 1. The molecule has 0 saturated heterocycles. The van der Waals surface area contributed by atoms with Crippen molar-refractivity contribution < 1.29 is 18.0 Å². The first-order valence-corrected chi connectivity index (χ1v) is 11.4. The van der Waals surface area contributed by atoms with E-state index in [2.05, 4.69) is 15.6 Å². The highest BCUT2D eigenvalue weighted by Gasteiger charge is 2.40. The molecule has 0 bridgehead atoms. The number of anilines is 1. The SMILES string of the molecule is Cc1cccc(C(Cc2ccccc2)(NC(=O)Nc2cccc(C#N)c2)c2cccc(C(F)(F)F)c2)n1. The second-order valence-electron chi connectivity index (χ2n) is 8.58. The Balaban J connectivity index is 1.87. The van der Waals surface area contributed by atoms with Gasteiger partial charge < -0.3 is 10.6 Å². The number of aryl methyl sites for hydroxylation is 1. The zero-order valence-corrected chi connectivity index (χ0v) is 19.9. The molecule has 0 saturated carbocycles. The zero-order chi connectivity index (χ0) is 26.5. The lowest BCUT2D eigenvalue weighted by Gasteiger charge is -2.36. The predicted octanol–water partition coefficient (Wildman–Crippen LogP) is 6.59. The van der Waals surface area contributed by atoms with Gasteiger partial charge in [-0.3, -0.25) is 4.98 Å². The van der Waals surface area contributed by atoms with Crippen molar-refractivity contribution in [3.63, 3.8) is 0 Å². The van der Waals surface area contributed by atoms with Crippen LogP contribution in [0, 0.1) is 18.3 Å². The minimum Gasteiger partial charge on any atom is -0.322 e. The standard InChI is InChI=1S/C29H23F3N4O/c1-20-8-5-15-26(34-20)28(18-21-9-3-2-4-10-21,23-12-7-13-24(17-23)29(30,31)32)36-27(37)35-25-14-6-11-22(16-25)19-33/h2-17H,18H2,1H3,(H2,35,36,37). The summed E-state index contributed by atoms with van der Waals surface area (Å²) in [4.78, 5) is 18.0. The smallest absolute Gasteiger partial charge is 0.322 e. The Kier molecular flexibility index (Phi) is 7.25. The van der Waals surface area contributed by atoms with Crippen LogP contribution in [0.4, 0.5) is 23.7 Å². The predicted molar refractivity (Wildman–Crippen MR) is 135 cm³/mol. The summed E-state index contributed by atoms with van der Waals surface area (Å²) in [5, 5.41) is 14.8. The summed E-state index contributed by atoms with van der Waals surface area (Å²) in [5.74, 6) is 0. The highest BCUT2D eigenvalue weighted by atomic mass is 19.4. The number of nitrogens with zero attached hydrogens (tertiary/aromatic N) is 2. The molecule has 2 N–H and O–H groups in total. The lowest BCUT2D eigenvalue weighted by Crippen LogP contribution is -2.50. The maximum absolute atomic E-state index is 13.7. The fourth-order valence-electron chi connectivity index (χ4n) is 4.19. The van der Waals surface area contributed by atoms with Crippen molar-refractivity contribution in [3.8, 4) is 6.07 Å². The van der Waals surface area contributed by atoms with Crippen LogP contribution in [0.2, 0.25) is 0 Å². The molecule has 0 aliphatic carbocycles. The number of nitriles is 1. The van der Waals surface area contributed by atoms with Crippen molar-refractivity contribution in [1.82, 2.24) is 10.3 Å². The van der Waals surface area contributed by atoms with E-state index in [1.807, 2.05) is 36.4 Å². The van der Waals surface area contributed by atoms with E-state index in [1.54, 1.807) is 49.4 Å². The topological polar surface area (TPSA) is 77.8 Å². The molecule has 0 radical (unpaired) electrons. The molecule has 4 rings (SSSR count). The molecule has 1 heterocycles. The van der Waals surface area contributed by atoms with E-state index in [-0.39, 0.29) is 12.0 Å². The van der Waals surface area contributed by atoms with Gasteiger partial charge in [-0.05, 0) is 60.5 Å². The molecule has 1 aromatic heterocycles. The third-order valence-corrected chi connectivity index (χ3v) is 5.90. The van der Waals surface area contributed by atoms with Gasteiger partial charge in [0.25, 0.3) is 0 Å². The summed E-state index contributed by atoms with van der Waals surface area (Å²) in [6, 6.07) is 27.0. The second kappa shape index (κ2) is 10.5. The molecular formula is C29H23F3N4O. The summed E-state index contributed by atoms with van der Waals surface area (Å²) in [6.07, 6.45) is -4.44. The number of carbonyl (C=O) groups excluding carboxylic acids is 1. The van der Waals surface area contributed by atoms with E-state index in [0.717, 1.165) is 17.7 Å². The number of urea groups is 1. The molecule has 37 heavy (non-hydrogen) atoms. The number of hydrogen-bond acceptors (Lipinski definition) is 3. The Labute approximate surface area is 212 Å². The van der Waals surface area contributed by atoms with Gasteiger partial charge in [-0.25, -0.2) is 4.79 Å². The Bertz CT molecular complexity index is 1450. The van der Waals surface area contributed by atoms with Crippen LogP contribution in [0.3, 0.4) is 0 Å². The van der Waals surface area contributed by atoms with Crippen LogP contribution in [0.1, 0.15) is 33.6 Å². The maximum Gasteiger partial charge on any atom is 0.416 e. The van der Waals surface area contributed by atoms with Crippen LogP contribution in [-0.4, -0.2) is 11.0 Å². The summed E-state index contributed by atoms with van der Waals surface area (Å²) in [6.45, 7) is 1.77. The number of nitrogens with one attached hydrogen (secondary N) is 2. The number of carbonyl (C=O) groups is 1. The molecule has 0 aliphatic heterocycles. The first-order valence-electron chi connectivity index (χ1n) is 11.4. The molecule has 8 heteroatoms. The van der Waals surface area contributed by atoms with Gasteiger partial charge in [0.15, 0.2) is 0 Å². The Hall–Kier alpha value is -4.64. The molecule has 3 aromatic carbocycles. The molecule has 0 aliphatic rings. The van der Waals surface area contributed by atoms with Crippen LogP contribution in [0.5, 0.6) is 0 Å². The number of aromatic nitrogens is 1. The first kappa shape index (κ1) is 25.5. The lowest BCUT2D eigenvalue weighted by atomic mass is 9.80. The van der Waals surface area contributed by atoms with Gasteiger partial charge in [0.05, 0.1) is 22.9 Å². The molecule has 0 spiro atoms. The van der Waals surface area contributed by atoms with Crippen molar-refractivity contribution in [2.45, 2.75) is 25.1 Å². The average molecular weight is 501 g/mol. The van der Waals surface area contributed by atoms with Gasteiger partial charge in [-0.1, -0.05) is 54.6 Å². The van der Waals surface area contributed by atoms with Gasteiger partial charge in [0.2, 0.25) is 0 Å². The third-order valence-electron chi connectivity index (χ3n) is 5.90. The molecule has 5 nitrogen and oxygen atoms in total. The summed E-state index contributed by atoms with van der Waals surface area (Å²) in [7, 11) is 0. The molecule has 1 atom stereocenters. The van der Waals surface area contributed by atoms with Crippen molar-refractivity contribution in [3.05, 3.63) is 131 Å². The fraction of sp³-hybridized carbons (Fsp3) is 0.138. The molecule has 0 fully saturated rings. The van der Waals surface area contributed by atoms with Crippen molar-refractivity contribution >= 4 is 11.7 Å². The monoisotopic (exact) mass is 500 g/mol. The number of amides is 2. The average Bonchev–Trinajstić information content (AvgIpc) is 2.88. The summed E-state index contributed by atoms with van der Waals surface area (Å²) in [5.41, 5.74) is 0.477. The van der Waals surface area contributed by atoms with E-state index >= 15 is 0 Å². The second-order valence-corrected chi connectivity index (χ2v) is 8.58. The fourth-order valence-corrected chi connectivity index (χ4v) is 4.19. The minimum atomic E-state index is -4.57. The van der Waals surface area contributed by atoms with E-state index in [1.165, 1.54) is 12.1 Å². The van der Waals surface area contributed by atoms with Gasteiger partial charge in [0, 0.05) is 17.8 Å². The summed E-state index contributed by atoms with van der Waals surface area (Å²) >= 11 is 0. The van der Waals surface area contributed by atoms with Crippen LogP contribution in [0.15, 0.2) is 97.1 Å². The zero-order valence-electron chi connectivity index (χ0n) is 19.9. The third kappa shape index (κ3) is 5.96. The van der Waals surface area contributed by atoms with E-state index < -0.39 is 23.3 Å². The van der Waals surface area contributed by atoms with Crippen LogP contribution < -0.4 is 10.6 Å². The maximum atomic E-state index is 13.7. The van der Waals surface area contributed by atoms with E-state index in [0.29, 0.717) is 22.6 Å². The van der Waals surface area contributed by atoms with Crippen LogP contribution in [0.25, 0.3) is 0 Å². The highest BCUT2D eigenvalue weighted by molar-refractivity contribution is 5.90. The molecular weight excluding hydrogens is 477 g/mol.